The normalized spacial score (nSPS) is 11.6. The summed E-state index contributed by atoms with van der Waals surface area (Å²) >= 11 is 0. The molecule has 16 nitrogen and oxygen atoms in total. The number of hydrogen-bond donors (Lipinski definition) is 4. The smallest absolute Gasteiger partial charge is 0.407 e. The number of alkyl carbamates (subject to hydrolysis) is 2. The molecule has 0 saturated heterocycles. The highest BCUT2D eigenvalue weighted by Gasteiger charge is 2.24. The average Bonchev–Trinajstić information content (AvgIpc) is 3.30. The first-order chi connectivity index (χ1) is 31.9. The second-order valence-electron chi connectivity index (χ2n) is 17.8. The summed E-state index contributed by atoms with van der Waals surface area (Å²) in [5.74, 6) is 0. The molecule has 0 saturated carbocycles. The van der Waals surface area contributed by atoms with Crippen LogP contribution in [0.1, 0.15) is 183 Å². The maximum atomic E-state index is 12.0. The predicted octanol–water partition coefficient (Wildman–Crippen LogP) is 9.44. The molecule has 0 aliphatic rings. The van der Waals surface area contributed by atoms with Gasteiger partial charge in [-0.05, 0) is 54.1 Å². The van der Waals surface area contributed by atoms with Crippen molar-refractivity contribution in [2.75, 3.05) is 100 Å². The van der Waals surface area contributed by atoms with Crippen molar-refractivity contribution in [2.24, 2.45) is 0 Å². The average molecular weight is 951 g/mol. The first kappa shape index (κ1) is 67.5. The maximum Gasteiger partial charge on any atom is 0.407 e. The third-order valence-electron chi connectivity index (χ3n) is 10.3. The Hall–Kier alpha value is -2.76. The van der Waals surface area contributed by atoms with Gasteiger partial charge in [0.2, 0.25) is 6.41 Å². The van der Waals surface area contributed by atoms with Crippen molar-refractivity contribution < 1.29 is 57.1 Å². The van der Waals surface area contributed by atoms with Crippen LogP contribution >= 0.6 is 0 Å². The molecule has 0 aliphatic carbocycles. The van der Waals surface area contributed by atoms with E-state index in [1.807, 2.05) is 34.7 Å². The second-order valence-corrected chi connectivity index (χ2v) is 17.8. The highest BCUT2D eigenvalue weighted by molar-refractivity contribution is 5.68. The molecular weight excluding hydrogens is 849 g/mol. The van der Waals surface area contributed by atoms with Gasteiger partial charge in [0.25, 0.3) is 6.47 Å². The molecule has 0 aromatic heterocycles. The zero-order valence-electron chi connectivity index (χ0n) is 43.7. The van der Waals surface area contributed by atoms with Gasteiger partial charge in [-0.3, -0.25) is 9.59 Å². The van der Waals surface area contributed by atoms with Crippen LogP contribution in [0.15, 0.2) is 0 Å². The molecule has 0 aromatic carbocycles. The quantitative estimate of drug-likeness (QED) is 0.0257. The lowest BCUT2D eigenvalue weighted by atomic mass is 10.1. The van der Waals surface area contributed by atoms with Gasteiger partial charge in [0, 0.05) is 33.9 Å². The van der Waals surface area contributed by atoms with Crippen LogP contribution in [0.5, 0.6) is 0 Å². The molecule has 0 bridgehead atoms. The van der Waals surface area contributed by atoms with Crippen molar-refractivity contribution in [2.45, 2.75) is 200 Å². The lowest BCUT2D eigenvalue weighted by Crippen LogP contribution is -2.38. The highest BCUT2D eigenvalue weighted by Crippen LogP contribution is 2.16. The van der Waals surface area contributed by atoms with Crippen LogP contribution in [0, 0.1) is 0 Å². The van der Waals surface area contributed by atoms with Crippen LogP contribution in [-0.4, -0.2) is 143 Å². The number of amides is 3. The molecule has 0 aromatic rings. The van der Waals surface area contributed by atoms with Crippen molar-refractivity contribution in [3.05, 3.63) is 0 Å². The molecule has 0 aliphatic heterocycles. The minimum Gasteiger partial charge on any atom is -0.464 e. The SMILES string of the molecule is CCCCCCCCCCCCCNC.CCCCCCCCCCCCCNC(=O)OC(COC=O)COC(=O)NCCOCCOCCNC=O.COCC(C)(C)OCC(C)(C)OC. The number of carbonyl (C=O) groups excluding carboxylic acids is 4. The number of carbonyl (C=O) groups is 4. The van der Waals surface area contributed by atoms with Gasteiger partial charge >= 0.3 is 12.2 Å². The van der Waals surface area contributed by atoms with E-state index in [-0.39, 0.29) is 44.0 Å². The summed E-state index contributed by atoms with van der Waals surface area (Å²) in [4.78, 5) is 44.4. The molecule has 0 rings (SSSR count). The zero-order chi connectivity index (χ0) is 49.7. The van der Waals surface area contributed by atoms with Gasteiger partial charge in [-0.15, -0.1) is 0 Å². The van der Waals surface area contributed by atoms with Crippen LogP contribution in [0.25, 0.3) is 0 Å². The summed E-state index contributed by atoms with van der Waals surface area (Å²) in [6, 6.07) is 0. The third-order valence-corrected chi connectivity index (χ3v) is 10.3. The van der Waals surface area contributed by atoms with E-state index in [2.05, 4.69) is 39.9 Å². The zero-order valence-corrected chi connectivity index (χ0v) is 43.7. The summed E-state index contributed by atoms with van der Waals surface area (Å²) in [5, 5.41) is 10.8. The minimum absolute atomic E-state index is 0.210. The van der Waals surface area contributed by atoms with Crippen molar-refractivity contribution in [3.63, 3.8) is 0 Å². The van der Waals surface area contributed by atoms with Crippen LogP contribution in [0.2, 0.25) is 0 Å². The number of nitrogens with one attached hydrogen (secondary N) is 4. The Morgan fingerprint density at radius 3 is 1.47 bits per heavy atom. The summed E-state index contributed by atoms with van der Waals surface area (Å²) in [7, 11) is 5.40. The number of methoxy groups -OCH3 is 2. The first-order valence-corrected chi connectivity index (χ1v) is 25.4. The molecule has 16 heteroatoms. The van der Waals surface area contributed by atoms with E-state index >= 15 is 0 Å². The van der Waals surface area contributed by atoms with Gasteiger partial charge < -0.3 is 59.2 Å². The maximum absolute atomic E-state index is 12.0. The highest BCUT2D eigenvalue weighted by atomic mass is 16.6. The molecule has 0 spiro atoms. The number of unbranched alkanes of at least 4 members (excludes halogenated alkanes) is 20. The van der Waals surface area contributed by atoms with Crippen molar-refractivity contribution in [1.29, 1.82) is 0 Å². The Kier molecular flexibility index (Phi) is 54.4. The topological polar surface area (TPSA) is 190 Å². The Morgan fingerprint density at radius 2 is 1.02 bits per heavy atom. The lowest BCUT2D eigenvalue weighted by molar-refractivity contribution is -0.132. The van der Waals surface area contributed by atoms with Gasteiger partial charge in [0.15, 0.2) is 6.10 Å². The van der Waals surface area contributed by atoms with Crippen molar-refractivity contribution in [3.8, 4) is 0 Å². The van der Waals surface area contributed by atoms with Crippen LogP contribution in [0.3, 0.4) is 0 Å². The van der Waals surface area contributed by atoms with E-state index in [1.165, 1.54) is 129 Å². The molecule has 4 N–H and O–H groups in total. The van der Waals surface area contributed by atoms with Crippen molar-refractivity contribution >= 4 is 25.1 Å². The Bertz CT molecular complexity index is 1030. The molecule has 0 heterocycles. The van der Waals surface area contributed by atoms with Gasteiger partial charge in [-0.1, -0.05) is 142 Å². The van der Waals surface area contributed by atoms with E-state index in [0.717, 1.165) is 19.3 Å². The molecule has 1 atom stereocenters. The van der Waals surface area contributed by atoms with Crippen molar-refractivity contribution in [1.82, 2.24) is 21.3 Å². The fourth-order valence-electron chi connectivity index (χ4n) is 6.18. The van der Waals surface area contributed by atoms with Gasteiger partial charge in [0.05, 0.1) is 50.8 Å². The molecule has 0 fully saturated rings. The molecular formula is C50H102N4O12. The van der Waals surface area contributed by atoms with Crippen LogP contribution < -0.4 is 21.3 Å². The molecule has 394 valence electrons. The van der Waals surface area contributed by atoms with E-state index in [0.29, 0.717) is 52.5 Å². The number of rotatable bonds is 46. The first-order valence-electron chi connectivity index (χ1n) is 25.4. The van der Waals surface area contributed by atoms with Gasteiger partial charge in [0.1, 0.15) is 13.2 Å². The van der Waals surface area contributed by atoms with E-state index in [4.69, 9.17) is 33.2 Å². The summed E-state index contributed by atoms with van der Waals surface area (Å²) in [5.41, 5.74) is -0.477. The van der Waals surface area contributed by atoms with Crippen LogP contribution in [-0.2, 0) is 47.5 Å². The fourth-order valence-corrected chi connectivity index (χ4v) is 6.18. The minimum atomic E-state index is -0.926. The summed E-state index contributed by atoms with van der Waals surface area (Å²) in [6.45, 7) is 17.1. The third kappa shape index (κ3) is 57.4. The van der Waals surface area contributed by atoms with Gasteiger partial charge in [-0.25, -0.2) is 9.59 Å². The van der Waals surface area contributed by atoms with Gasteiger partial charge in [-0.2, -0.15) is 0 Å². The summed E-state index contributed by atoms with van der Waals surface area (Å²) in [6.07, 6.45) is 27.5. The Balaban J connectivity index is -0.00000115. The Morgan fingerprint density at radius 1 is 0.545 bits per heavy atom. The molecule has 66 heavy (non-hydrogen) atoms. The Labute approximate surface area is 402 Å². The molecule has 1 unspecified atom stereocenters. The number of hydrogen-bond acceptors (Lipinski definition) is 13. The largest absolute Gasteiger partial charge is 0.464 e. The predicted molar refractivity (Wildman–Crippen MR) is 265 cm³/mol. The standard InChI is InChI=1S/C26H49N3O9.C14H31N.C10H22O3/c1-2-3-4-5-6-7-8-9-10-11-12-13-28-26(33)38-24(20-36-23-31)21-37-25(32)29-15-17-35-19-18-34-16-14-27-22-30;1-3-4-5-6-7-8-9-10-11-12-13-14-15-2;1-9(2,12-6)8-13-10(3,4)7-11-5/h22-24H,2-21H2,1H3,(H,27,30)(H,28,33)(H,29,32);15H,3-14H2,1-2H3;7-8H2,1-6H3. The van der Waals surface area contributed by atoms with Crippen LogP contribution in [0.4, 0.5) is 9.59 Å². The monoisotopic (exact) mass is 951 g/mol. The summed E-state index contributed by atoms with van der Waals surface area (Å²) < 4.78 is 41.4. The van der Waals surface area contributed by atoms with E-state index in [9.17, 15) is 19.2 Å². The molecule has 3 amide bonds. The van der Waals surface area contributed by atoms with E-state index < -0.39 is 18.3 Å². The van der Waals surface area contributed by atoms with E-state index in [1.54, 1.807) is 14.2 Å². The number of ether oxygens (including phenoxy) is 8. The second kappa shape index (κ2) is 53.2. The lowest BCUT2D eigenvalue weighted by Gasteiger charge is -2.30. The fraction of sp³-hybridized carbons (Fsp3) is 0.920. The molecule has 0 radical (unpaired) electrons.